The first-order valence-corrected chi connectivity index (χ1v) is 7.89. The van der Waals surface area contributed by atoms with Crippen molar-refractivity contribution in [3.63, 3.8) is 0 Å². The van der Waals surface area contributed by atoms with Crippen molar-refractivity contribution in [2.45, 2.75) is 13.3 Å². The van der Waals surface area contributed by atoms with Gasteiger partial charge >= 0.3 is 5.97 Å². The molecule has 0 amide bonds. The van der Waals surface area contributed by atoms with Crippen LogP contribution < -0.4 is 9.47 Å². The van der Waals surface area contributed by atoms with E-state index in [2.05, 4.69) is 20.9 Å². The number of rotatable bonds is 6. The molecule has 1 heterocycles. The first-order chi connectivity index (χ1) is 10.0. The molecule has 0 aliphatic rings. The molecule has 0 spiro atoms. The van der Waals surface area contributed by atoms with Crippen LogP contribution in [0.3, 0.4) is 0 Å². The zero-order chi connectivity index (χ0) is 15.4. The maximum Gasteiger partial charge on any atom is 0.309 e. The summed E-state index contributed by atoms with van der Waals surface area (Å²) in [5.41, 5.74) is 1.40. The zero-order valence-electron chi connectivity index (χ0n) is 11.6. The summed E-state index contributed by atoms with van der Waals surface area (Å²) < 4.78 is 11.7. The number of halogens is 1. The van der Waals surface area contributed by atoms with Crippen LogP contribution >= 0.6 is 27.3 Å². The molecule has 5 nitrogen and oxygen atoms in total. The summed E-state index contributed by atoms with van der Waals surface area (Å²) in [6.45, 7) is 2.44. The number of hydrogen-bond acceptors (Lipinski definition) is 5. The van der Waals surface area contributed by atoms with Crippen LogP contribution in [0, 0.1) is 0 Å². The van der Waals surface area contributed by atoms with E-state index in [4.69, 9.17) is 14.6 Å². The summed E-state index contributed by atoms with van der Waals surface area (Å²) in [6, 6.07) is 3.72. The Morgan fingerprint density at radius 2 is 2.24 bits per heavy atom. The van der Waals surface area contributed by atoms with E-state index in [0.29, 0.717) is 23.8 Å². The Kier molecular flexibility index (Phi) is 5.19. The van der Waals surface area contributed by atoms with Crippen LogP contribution in [0.1, 0.15) is 12.6 Å². The van der Waals surface area contributed by atoms with Crippen LogP contribution in [0.5, 0.6) is 11.5 Å². The van der Waals surface area contributed by atoms with Gasteiger partial charge in [0.25, 0.3) is 0 Å². The molecule has 1 aromatic heterocycles. The largest absolute Gasteiger partial charge is 0.493 e. The van der Waals surface area contributed by atoms with E-state index in [1.165, 1.54) is 11.3 Å². The number of benzene rings is 1. The van der Waals surface area contributed by atoms with Crippen molar-refractivity contribution < 1.29 is 19.4 Å². The van der Waals surface area contributed by atoms with Gasteiger partial charge in [-0.05, 0) is 35.0 Å². The molecule has 1 aromatic carbocycles. The second-order valence-corrected chi connectivity index (χ2v) is 5.85. The number of aromatic nitrogens is 1. The van der Waals surface area contributed by atoms with Gasteiger partial charge in [0, 0.05) is 10.9 Å². The number of thiazole rings is 1. The van der Waals surface area contributed by atoms with E-state index in [1.807, 2.05) is 19.1 Å². The molecule has 7 heteroatoms. The lowest BCUT2D eigenvalue weighted by molar-refractivity contribution is -0.136. The third-order valence-corrected chi connectivity index (χ3v) is 4.18. The SMILES string of the molecule is CCOc1c(Br)cc(-c2nc(CC(=O)O)cs2)cc1OC. The van der Waals surface area contributed by atoms with Crippen molar-refractivity contribution in [2.24, 2.45) is 0 Å². The van der Waals surface area contributed by atoms with Crippen molar-refractivity contribution in [2.75, 3.05) is 13.7 Å². The average Bonchev–Trinajstić information content (AvgIpc) is 2.88. The quantitative estimate of drug-likeness (QED) is 0.839. The molecule has 0 saturated heterocycles. The average molecular weight is 372 g/mol. The molecular weight excluding hydrogens is 358 g/mol. The number of hydrogen-bond donors (Lipinski definition) is 1. The lowest BCUT2D eigenvalue weighted by Crippen LogP contribution is -2.00. The highest BCUT2D eigenvalue weighted by Crippen LogP contribution is 2.40. The van der Waals surface area contributed by atoms with Crippen LogP contribution in [0.15, 0.2) is 22.0 Å². The Morgan fingerprint density at radius 1 is 1.48 bits per heavy atom. The lowest BCUT2D eigenvalue weighted by Gasteiger charge is -2.12. The Balaban J connectivity index is 2.38. The third-order valence-electron chi connectivity index (χ3n) is 2.65. The highest BCUT2D eigenvalue weighted by Gasteiger charge is 2.15. The molecule has 0 aliphatic carbocycles. The molecule has 1 N–H and O–H groups in total. The molecule has 112 valence electrons. The number of ether oxygens (including phenoxy) is 2. The molecule has 0 atom stereocenters. The number of carboxylic acid groups (broad SMARTS) is 1. The van der Waals surface area contributed by atoms with Gasteiger partial charge in [0.15, 0.2) is 11.5 Å². The number of aliphatic carboxylic acids is 1. The first-order valence-electron chi connectivity index (χ1n) is 6.22. The fourth-order valence-electron chi connectivity index (χ4n) is 1.80. The van der Waals surface area contributed by atoms with Crippen molar-refractivity contribution in [3.8, 4) is 22.1 Å². The number of carbonyl (C=O) groups is 1. The molecule has 2 aromatic rings. The molecule has 0 aliphatic heterocycles. The van der Waals surface area contributed by atoms with E-state index in [1.54, 1.807) is 12.5 Å². The van der Waals surface area contributed by atoms with Gasteiger partial charge < -0.3 is 14.6 Å². The van der Waals surface area contributed by atoms with Gasteiger partial charge in [0.2, 0.25) is 0 Å². The minimum atomic E-state index is -0.891. The minimum absolute atomic E-state index is 0.0775. The van der Waals surface area contributed by atoms with Crippen LogP contribution in [0.4, 0.5) is 0 Å². The highest BCUT2D eigenvalue weighted by atomic mass is 79.9. The molecule has 0 bridgehead atoms. The predicted octanol–water partition coefficient (Wildman–Crippen LogP) is 3.61. The van der Waals surface area contributed by atoms with Gasteiger partial charge in [-0.15, -0.1) is 11.3 Å². The molecule has 21 heavy (non-hydrogen) atoms. The normalized spacial score (nSPS) is 10.4. The smallest absolute Gasteiger partial charge is 0.309 e. The van der Waals surface area contributed by atoms with Crippen LogP contribution in [-0.4, -0.2) is 29.8 Å². The predicted molar refractivity (Wildman–Crippen MR) is 84.3 cm³/mol. The van der Waals surface area contributed by atoms with Gasteiger partial charge in [-0.3, -0.25) is 4.79 Å². The van der Waals surface area contributed by atoms with E-state index >= 15 is 0 Å². The molecule has 2 rings (SSSR count). The van der Waals surface area contributed by atoms with Gasteiger partial charge in [-0.1, -0.05) is 0 Å². The summed E-state index contributed by atoms with van der Waals surface area (Å²) >= 11 is 4.86. The monoisotopic (exact) mass is 371 g/mol. The summed E-state index contributed by atoms with van der Waals surface area (Å²) in [5, 5.41) is 11.3. The van der Waals surface area contributed by atoms with Gasteiger partial charge in [-0.2, -0.15) is 0 Å². The maximum atomic E-state index is 10.7. The third kappa shape index (κ3) is 3.74. The first kappa shape index (κ1) is 15.8. The van der Waals surface area contributed by atoms with E-state index < -0.39 is 5.97 Å². The Hall–Kier alpha value is -1.60. The second-order valence-electron chi connectivity index (χ2n) is 4.14. The molecule has 0 unspecified atom stereocenters. The van der Waals surface area contributed by atoms with Crippen molar-refractivity contribution >= 4 is 33.2 Å². The van der Waals surface area contributed by atoms with Crippen LogP contribution in [0.2, 0.25) is 0 Å². The van der Waals surface area contributed by atoms with Gasteiger partial charge in [-0.25, -0.2) is 4.98 Å². The zero-order valence-corrected chi connectivity index (χ0v) is 14.0. The van der Waals surface area contributed by atoms with Crippen molar-refractivity contribution in [1.29, 1.82) is 0 Å². The number of nitrogens with zero attached hydrogens (tertiary/aromatic N) is 1. The highest BCUT2D eigenvalue weighted by molar-refractivity contribution is 9.10. The van der Waals surface area contributed by atoms with Crippen molar-refractivity contribution in [3.05, 3.63) is 27.7 Å². The second kappa shape index (κ2) is 6.91. The topological polar surface area (TPSA) is 68.7 Å². The van der Waals surface area contributed by atoms with Gasteiger partial charge in [0.1, 0.15) is 5.01 Å². The van der Waals surface area contributed by atoms with E-state index in [9.17, 15) is 4.79 Å². The van der Waals surface area contributed by atoms with E-state index in [0.717, 1.165) is 15.0 Å². The maximum absolute atomic E-state index is 10.7. The Morgan fingerprint density at radius 3 is 2.86 bits per heavy atom. The number of methoxy groups -OCH3 is 1. The fourth-order valence-corrected chi connectivity index (χ4v) is 3.17. The minimum Gasteiger partial charge on any atom is -0.493 e. The number of carboxylic acids is 1. The molecule has 0 saturated carbocycles. The molecule has 0 fully saturated rings. The van der Waals surface area contributed by atoms with Crippen LogP contribution in [-0.2, 0) is 11.2 Å². The summed E-state index contributed by atoms with van der Waals surface area (Å²) in [6.07, 6.45) is -0.0775. The molecular formula is C14H14BrNO4S. The van der Waals surface area contributed by atoms with Gasteiger partial charge in [0.05, 0.1) is 30.3 Å². The fraction of sp³-hybridized carbons (Fsp3) is 0.286. The van der Waals surface area contributed by atoms with Crippen molar-refractivity contribution in [1.82, 2.24) is 4.98 Å². The Bertz CT molecular complexity index is 656. The molecule has 0 radical (unpaired) electrons. The summed E-state index contributed by atoms with van der Waals surface area (Å²) in [4.78, 5) is 15.0. The van der Waals surface area contributed by atoms with Crippen LogP contribution in [0.25, 0.3) is 10.6 Å². The lowest BCUT2D eigenvalue weighted by atomic mass is 10.2. The summed E-state index contributed by atoms with van der Waals surface area (Å²) in [7, 11) is 1.58. The Labute approximate surface area is 134 Å². The summed E-state index contributed by atoms with van der Waals surface area (Å²) in [5.74, 6) is 0.361. The standard InChI is InChI=1S/C14H14BrNO4S/c1-3-20-13-10(15)4-8(5-11(13)19-2)14-16-9(7-21-14)6-12(17)18/h4-5,7H,3,6H2,1-2H3,(H,17,18). The van der Waals surface area contributed by atoms with E-state index in [-0.39, 0.29) is 6.42 Å².